The van der Waals surface area contributed by atoms with Crippen molar-refractivity contribution < 1.29 is 13.9 Å². The van der Waals surface area contributed by atoms with Crippen LogP contribution in [-0.4, -0.2) is 39.0 Å². The molecule has 0 aliphatic heterocycles. The lowest BCUT2D eigenvalue weighted by Gasteiger charge is -2.10. The molecule has 2 aromatic carbocycles. The van der Waals surface area contributed by atoms with E-state index in [0.717, 1.165) is 17.3 Å². The van der Waals surface area contributed by atoms with Gasteiger partial charge < -0.3 is 10.1 Å². The number of hydrogen-bond donors (Lipinski definition) is 1. The van der Waals surface area contributed by atoms with Gasteiger partial charge >= 0.3 is 0 Å². The van der Waals surface area contributed by atoms with Crippen molar-refractivity contribution in [2.75, 3.05) is 18.2 Å². The van der Waals surface area contributed by atoms with Gasteiger partial charge in [-0.05, 0) is 47.2 Å². The first-order valence-electron chi connectivity index (χ1n) is 7.69. The number of rotatable bonds is 6. The number of hydrogen-bond acceptors (Lipinski definition) is 6. The second-order valence-electron chi connectivity index (χ2n) is 5.37. The molecular weight excluding hydrogens is 357 g/mol. The number of amides is 1. The van der Waals surface area contributed by atoms with Crippen molar-refractivity contribution in [2.24, 2.45) is 0 Å². The number of anilines is 1. The zero-order valence-corrected chi connectivity index (χ0v) is 15.0. The molecule has 1 N–H and O–H groups in total. The summed E-state index contributed by atoms with van der Waals surface area (Å²) in [7, 11) is 1.56. The average molecular weight is 373 g/mol. The number of benzene rings is 2. The molecule has 0 fully saturated rings. The largest absolute Gasteiger partial charge is 0.494 e. The molecule has 0 saturated carbocycles. The molecule has 3 rings (SSSR count). The van der Waals surface area contributed by atoms with E-state index < -0.39 is 5.82 Å². The molecular formula is C17H16FN5O2S. The molecule has 1 aromatic heterocycles. The van der Waals surface area contributed by atoms with Crippen LogP contribution < -0.4 is 10.1 Å². The van der Waals surface area contributed by atoms with Gasteiger partial charge in [-0.15, -0.1) is 5.10 Å². The maximum Gasteiger partial charge on any atom is 0.234 e. The third-order valence-electron chi connectivity index (χ3n) is 3.48. The summed E-state index contributed by atoms with van der Waals surface area (Å²) in [5.41, 5.74) is 1.83. The second kappa shape index (κ2) is 7.96. The smallest absolute Gasteiger partial charge is 0.234 e. The molecule has 0 aliphatic rings. The van der Waals surface area contributed by atoms with Crippen molar-refractivity contribution in [3.8, 4) is 11.4 Å². The Balaban J connectivity index is 1.73. The highest BCUT2D eigenvalue weighted by Crippen LogP contribution is 2.27. The van der Waals surface area contributed by atoms with Gasteiger partial charge in [0.05, 0.1) is 18.6 Å². The van der Waals surface area contributed by atoms with Crippen LogP contribution in [0.4, 0.5) is 10.1 Å². The molecule has 0 saturated heterocycles. The summed E-state index contributed by atoms with van der Waals surface area (Å²) < 4.78 is 20.5. The van der Waals surface area contributed by atoms with Crippen molar-refractivity contribution in [3.63, 3.8) is 0 Å². The molecule has 7 nitrogen and oxygen atoms in total. The Bertz CT molecular complexity index is 931. The lowest BCUT2D eigenvalue weighted by atomic mass is 10.2. The van der Waals surface area contributed by atoms with E-state index in [1.54, 1.807) is 19.2 Å². The van der Waals surface area contributed by atoms with Crippen molar-refractivity contribution in [1.29, 1.82) is 0 Å². The quantitative estimate of drug-likeness (QED) is 0.669. The number of carbonyl (C=O) groups is 1. The van der Waals surface area contributed by atoms with Crippen LogP contribution in [-0.2, 0) is 4.79 Å². The van der Waals surface area contributed by atoms with E-state index in [4.69, 9.17) is 4.74 Å². The van der Waals surface area contributed by atoms with Gasteiger partial charge in [0, 0.05) is 0 Å². The number of aromatic nitrogens is 4. The van der Waals surface area contributed by atoms with Crippen molar-refractivity contribution >= 4 is 23.4 Å². The molecule has 0 radical (unpaired) electrons. The van der Waals surface area contributed by atoms with Gasteiger partial charge in [0.25, 0.3) is 0 Å². The zero-order chi connectivity index (χ0) is 18.5. The normalized spacial score (nSPS) is 10.6. The van der Waals surface area contributed by atoms with Gasteiger partial charge in [0.2, 0.25) is 11.1 Å². The van der Waals surface area contributed by atoms with Crippen LogP contribution in [0.15, 0.2) is 47.6 Å². The number of halogens is 1. The van der Waals surface area contributed by atoms with Gasteiger partial charge in [-0.1, -0.05) is 30.0 Å². The van der Waals surface area contributed by atoms with Gasteiger partial charge in [-0.2, -0.15) is 4.68 Å². The number of thioether (sulfide) groups is 1. The Labute approximate surface area is 153 Å². The van der Waals surface area contributed by atoms with Crippen LogP contribution in [0.25, 0.3) is 5.69 Å². The average Bonchev–Trinajstić information content (AvgIpc) is 3.10. The van der Waals surface area contributed by atoms with Crippen LogP contribution in [0.3, 0.4) is 0 Å². The van der Waals surface area contributed by atoms with Crippen LogP contribution >= 0.6 is 11.8 Å². The Morgan fingerprint density at radius 2 is 2.12 bits per heavy atom. The number of ether oxygens (including phenoxy) is 1. The molecule has 9 heteroatoms. The molecule has 0 bridgehead atoms. The number of tetrazole rings is 1. The monoisotopic (exact) mass is 373 g/mol. The summed E-state index contributed by atoms with van der Waals surface area (Å²) in [6, 6.07) is 11.6. The lowest BCUT2D eigenvalue weighted by Crippen LogP contribution is -2.15. The van der Waals surface area contributed by atoms with E-state index in [1.165, 1.54) is 16.8 Å². The van der Waals surface area contributed by atoms with E-state index in [1.807, 2.05) is 25.1 Å². The number of nitrogens with one attached hydrogen (secondary N) is 1. The minimum absolute atomic E-state index is 0.0306. The summed E-state index contributed by atoms with van der Waals surface area (Å²) in [5.74, 6) is -0.199. The fraction of sp³-hybridized carbons (Fsp3) is 0.176. The fourth-order valence-corrected chi connectivity index (χ4v) is 2.95. The van der Waals surface area contributed by atoms with Crippen LogP contribution in [0.2, 0.25) is 0 Å². The van der Waals surface area contributed by atoms with E-state index in [2.05, 4.69) is 20.8 Å². The van der Waals surface area contributed by atoms with Crippen molar-refractivity contribution in [2.45, 2.75) is 12.1 Å². The first-order chi connectivity index (χ1) is 12.6. The zero-order valence-electron chi connectivity index (χ0n) is 14.1. The number of aryl methyl sites for hydroxylation is 1. The Hall–Kier alpha value is -2.94. The van der Waals surface area contributed by atoms with E-state index in [-0.39, 0.29) is 17.3 Å². The Morgan fingerprint density at radius 1 is 1.31 bits per heavy atom. The minimum Gasteiger partial charge on any atom is -0.494 e. The third-order valence-corrected chi connectivity index (χ3v) is 4.40. The van der Waals surface area contributed by atoms with Crippen molar-refractivity contribution in [1.82, 2.24) is 20.2 Å². The van der Waals surface area contributed by atoms with Crippen LogP contribution in [0.5, 0.6) is 5.75 Å². The number of methoxy groups -OCH3 is 1. The third kappa shape index (κ3) is 3.99. The molecule has 3 aromatic rings. The predicted molar refractivity (Wildman–Crippen MR) is 96.2 cm³/mol. The molecule has 26 heavy (non-hydrogen) atoms. The Morgan fingerprint density at radius 3 is 2.88 bits per heavy atom. The van der Waals surface area contributed by atoms with Crippen LogP contribution in [0, 0.1) is 12.7 Å². The summed E-state index contributed by atoms with van der Waals surface area (Å²) in [5, 5.41) is 14.6. The summed E-state index contributed by atoms with van der Waals surface area (Å²) >= 11 is 1.14. The van der Waals surface area contributed by atoms with E-state index in [9.17, 15) is 9.18 Å². The minimum atomic E-state index is -0.486. The SMILES string of the molecule is COc1ccc(C)cc1-n1nnnc1SCC(=O)Nc1ccccc1F. The summed E-state index contributed by atoms with van der Waals surface area (Å²) in [6.07, 6.45) is 0. The van der Waals surface area contributed by atoms with Crippen molar-refractivity contribution in [3.05, 3.63) is 53.8 Å². The highest BCUT2D eigenvalue weighted by Gasteiger charge is 2.15. The molecule has 1 amide bonds. The summed E-state index contributed by atoms with van der Waals surface area (Å²) in [6.45, 7) is 1.95. The first-order valence-corrected chi connectivity index (χ1v) is 8.67. The summed E-state index contributed by atoms with van der Waals surface area (Å²) in [4.78, 5) is 12.1. The highest BCUT2D eigenvalue weighted by atomic mass is 32.2. The molecule has 134 valence electrons. The van der Waals surface area contributed by atoms with Gasteiger partial charge in [-0.3, -0.25) is 4.79 Å². The number of carbonyl (C=O) groups excluding carboxylic acids is 1. The topological polar surface area (TPSA) is 81.9 Å². The number of nitrogens with zero attached hydrogens (tertiary/aromatic N) is 4. The van der Waals surface area contributed by atoms with E-state index in [0.29, 0.717) is 16.6 Å². The molecule has 1 heterocycles. The van der Waals surface area contributed by atoms with Gasteiger partial charge in [-0.25, -0.2) is 4.39 Å². The molecule has 0 aliphatic carbocycles. The first kappa shape index (κ1) is 17.9. The maximum absolute atomic E-state index is 13.6. The molecule has 0 atom stereocenters. The highest BCUT2D eigenvalue weighted by molar-refractivity contribution is 7.99. The van der Waals surface area contributed by atoms with Gasteiger partial charge in [0.15, 0.2) is 0 Å². The fourth-order valence-electron chi connectivity index (χ4n) is 2.26. The molecule has 0 spiro atoms. The molecule has 0 unspecified atom stereocenters. The maximum atomic E-state index is 13.6. The van der Waals surface area contributed by atoms with Gasteiger partial charge in [0.1, 0.15) is 17.3 Å². The standard InChI is InChI=1S/C17H16FN5O2S/c1-11-7-8-15(25-2)14(9-11)23-17(20-21-22-23)26-10-16(24)19-13-6-4-3-5-12(13)18/h3-9H,10H2,1-2H3,(H,19,24). The van der Waals surface area contributed by atoms with E-state index >= 15 is 0 Å². The second-order valence-corrected chi connectivity index (χ2v) is 6.31. The number of para-hydroxylation sites is 1. The predicted octanol–water partition coefficient (Wildman–Crippen LogP) is 2.85. The van der Waals surface area contributed by atoms with Crippen LogP contribution in [0.1, 0.15) is 5.56 Å². The lowest BCUT2D eigenvalue weighted by molar-refractivity contribution is -0.113. The Kier molecular flexibility index (Phi) is 5.47.